The molecule has 5 amide bonds. The van der Waals surface area contributed by atoms with Crippen molar-refractivity contribution in [3.05, 3.63) is 64.5 Å². The highest BCUT2D eigenvalue weighted by atomic mass is 19.4. The second kappa shape index (κ2) is 10.6. The van der Waals surface area contributed by atoms with Gasteiger partial charge in [-0.1, -0.05) is 24.3 Å². The van der Waals surface area contributed by atoms with E-state index in [4.69, 9.17) is 0 Å². The maximum atomic E-state index is 14.7. The molecule has 2 heterocycles. The van der Waals surface area contributed by atoms with E-state index in [1.54, 1.807) is 24.3 Å². The summed E-state index contributed by atoms with van der Waals surface area (Å²) in [5.41, 5.74) is 1.06. The normalized spacial score (nSPS) is 17.4. The lowest BCUT2D eigenvalue weighted by molar-refractivity contribution is -0.144. The van der Waals surface area contributed by atoms with Gasteiger partial charge in [0.15, 0.2) is 0 Å². The van der Waals surface area contributed by atoms with Crippen LogP contribution in [0.4, 0.5) is 23.2 Å². The maximum absolute atomic E-state index is 14.7. The number of hydrogen-bond donors (Lipinski definition) is 3. The van der Waals surface area contributed by atoms with Crippen LogP contribution in [0.3, 0.4) is 0 Å². The third-order valence-corrected chi connectivity index (χ3v) is 6.16. The van der Waals surface area contributed by atoms with E-state index in [2.05, 4.69) is 16.0 Å². The van der Waals surface area contributed by atoms with Crippen LogP contribution >= 0.6 is 0 Å². The van der Waals surface area contributed by atoms with Crippen molar-refractivity contribution in [2.75, 3.05) is 5.32 Å². The Morgan fingerprint density at radius 3 is 2.18 bits per heavy atom. The number of nitrogens with one attached hydrogen (secondary N) is 3. The number of fused-ring (bicyclic) bond motifs is 1. The fourth-order valence-electron chi connectivity index (χ4n) is 4.14. The van der Waals surface area contributed by atoms with Gasteiger partial charge in [-0.25, -0.2) is 4.39 Å². The number of piperidine rings is 1. The monoisotopic (exact) mass is 534 g/mol. The summed E-state index contributed by atoms with van der Waals surface area (Å²) >= 11 is 0. The highest BCUT2D eigenvalue weighted by molar-refractivity contribution is 6.23. The first kappa shape index (κ1) is 26.8. The molecule has 4 rings (SSSR count). The zero-order valence-corrected chi connectivity index (χ0v) is 19.8. The lowest BCUT2D eigenvalue weighted by Gasteiger charge is -2.27. The molecule has 2 aromatic carbocycles. The minimum Gasteiger partial charge on any atom is -0.379 e. The molecule has 0 spiro atoms. The molecule has 38 heavy (non-hydrogen) atoms. The van der Waals surface area contributed by atoms with Crippen LogP contribution in [-0.2, 0) is 27.5 Å². The number of rotatable bonds is 8. The Bertz CT molecular complexity index is 1310. The Balaban J connectivity index is 1.36. The summed E-state index contributed by atoms with van der Waals surface area (Å²) in [6.07, 6.45) is -6.31. The Hall–Kier alpha value is -4.29. The number of anilines is 1. The Morgan fingerprint density at radius 2 is 1.58 bits per heavy atom. The molecule has 1 unspecified atom stereocenters. The van der Waals surface area contributed by atoms with Crippen LogP contribution in [0, 0.1) is 5.82 Å². The third kappa shape index (κ3) is 5.98. The molecule has 200 valence electrons. The molecule has 9 nitrogen and oxygen atoms in total. The summed E-state index contributed by atoms with van der Waals surface area (Å²) in [6.45, 7) is 0.177. The smallest absolute Gasteiger partial charge is 0.379 e. The standard InChI is InChI=1S/C25H22F4N4O5/c26-17-9-15-16(24(38)33(23(15)37)19-5-6-21(35)32-22(19)36)10-18(17)30-11-13-1-3-14(4-2-13)12-31-20(34)7-8-25(27,28)29/h1-4,9-10,19,30H,5-8,11-12H2,(H,31,34)(H,32,35,36). The van der Waals surface area contributed by atoms with Crippen LogP contribution < -0.4 is 16.0 Å². The first-order valence-corrected chi connectivity index (χ1v) is 11.6. The fraction of sp³-hybridized carbons (Fsp3) is 0.320. The zero-order valence-electron chi connectivity index (χ0n) is 19.8. The summed E-state index contributed by atoms with van der Waals surface area (Å²) in [5.74, 6) is -4.34. The van der Waals surface area contributed by atoms with Gasteiger partial charge in [-0.15, -0.1) is 0 Å². The summed E-state index contributed by atoms with van der Waals surface area (Å²) in [7, 11) is 0. The van der Waals surface area contributed by atoms with E-state index in [9.17, 15) is 41.5 Å². The van der Waals surface area contributed by atoms with Gasteiger partial charge in [0.25, 0.3) is 11.8 Å². The molecule has 1 atom stereocenters. The molecule has 2 aliphatic heterocycles. The van der Waals surface area contributed by atoms with E-state index in [0.717, 1.165) is 11.0 Å². The van der Waals surface area contributed by atoms with Crippen LogP contribution in [0.25, 0.3) is 0 Å². The highest BCUT2D eigenvalue weighted by Gasteiger charge is 2.45. The minimum atomic E-state index is -4.40. The summed E-state index contributed by atoms with van der Waals surface area (Å²) in [5, 5.41) is 7.35. The van der Waals surface area contributed by atoms with Gasteiger partial charge >= 0.3 is 6.18 Å². The molecule has 1 saturated heterocycles. The van der Waals surface area contributed by atoms with Gasteiger partial charge in [-0.2, -0.15) is 13.2 Å². The molecule has 0 aromatic heterocycles. The van der Waals surface area contributed by atoms with Crippen molar-refractivity contribution in [3.8, 4) is 0 Å². The molecule has 0 bridgehead atoms. The molecular weight excluding hydrogens is 512 g/mol. The van der Waals surface area contributed by atoms with Gasteiger partial charge in [0.05, 0.1) is 23.2 Å². The number of benzene rings is 2. The molecule has 2 aliphatic rings. The third-order valence-electron chi connectivity index (χ3n) is 6.16. The van der Waals surface area contributed by atoms with Crippen molar-refractivity contribution in [3.63, 3.8) is 0 Å². The van der Waals surface area contributed by atoms with Gasteiger partial charge in [0.2, 0.25) is 17.7 Å². The van der Waals surface area contributed by atoms with Crippen LogP contribution in [0.15, 0.2) is 36.4 Å². The summed E-state index contributed by atoms with van der Waals surface area (Å²) < 4.78 is 51.3. The van der Waals surface area contributed by atoms with E-state index in [0.29, 0.717) is 11.1 Å². The van der Waals surface area contributed by atoms with Crippen LogP contribution in [0.2, 0.25) is 0 Å². The van der Waals surface area contributed by atoms with Crippen molar-refractivity contribution in [1.29, 1.82) is 0 Å². The minimum absolute atomic E-state index is 0.0169. The second-order valence-electron chi connectivity index (χ2n) is 8.89. The fourth-order valence-corrected chi connectivity index (χ4v) is 4.14. The lowest BCUT2D eigenvalue weighted by atomic mass is 10.0. The van der Waals surface area contributed by atoms with Crippen molar-refractivity contribution in [1.82, 2.24) is 15.5 Å². The molecular formula is C25H22F4N4O5. The van der Waals surface area contributed by atoms with E-state index in [1.165, 1.54) is 6.07 Å². The van der Waals surface area contributed by atoms with Crippen LogP contribution in [-0.4, -0.2) is 46.7 Å². The number of imide groups is 2. The Kier molecular flexibility index (Phi) is 7.46. The van der Waals surface area contributed by atoms with E-state index in [1.807, 2.05) is 0 Å². The quantitative estimate of drug-likeness (QED) is 0.354. The lowest BCUT2D eigenvalue weighted by Crippen LogP contribution is -2.54. The maximum Gasteiger partial charge on any atom is 0.389 e. The first-order chi connectivity index (χ1) is 17.9. The second-order valence-corrected chi connectivity index (χ2v) is 8.89. The average molecular weight is 534 g/mol. The number of amides is 5. The molecule has 13 heteroatoms. The molecule has 3 N–H and O–H groups in total. The predicted octanol–water partition coefficient (Wildman–Crippen LogP) is 2.80. The number of halogens is 4. The van der Waals surface area contributed by atoms with Crippen LogP contribution in [0.5, 0.6) is 0 Å². The van der Waals surface area contributed by atoms with Crippen molar-refractivity contribution >= 4 is 35.2 Å². The van der Waals surface area contributed by atoms with Gasteiger partial charge in [-0.05, 0) is 29.7 Å². The van der Waals surface area contributed by atoms with Crippen LogP contribution in [0.1, 0.15) is 57.5 Å². The SMILES string of the molecule is O=C(CCC(F)(F)F)NCc1ccc(CNc2cc3c(cc2F)C(=O)N(C2CCC(=O)NC2=O)C3=O)cc1. The van der Waals surface area contributed by atoms with Crippen molar-refractivity contribution < 1.29 is 41.5 Å². The molecule has 0 saturated carbocycles. The molecule has 2 aromatic rings. The number of alkyl halides is 3. The van der Waals surface area contributed by atoms with Gasteiger partial charge in [-0.3, -0.25) is 34.2 Å². The molecule has 0 aliphatic carbocycles. The van der Waals surface area contributed by atoms with E-state index in [-0.39, 0.29) is 42.7 Å². The zero-order chi connectivity index (χ0) is 27.6. The number of hydrogen-bond acceptors (Lipinski definition) is 6. The summed E-state index contributed by atoms with van der Waals surface area (Å²) in [6, 6.07) is 7.62. The largest absolute Gasteiger partial charge is 0.389 e. The average Bonchev–Trinajstić information content (AvgIpc) is 3.09. The first-order valence-electron chi connectivity index (χ1n) is 11.6. The highest BCUT2D eigenvalue weighted by Crippen LogP contribution is 2.31. The van der Waals surface area contributed by atoms with Gasteiger partial charge in [0, 0.05) is 25.9 Å². The topological polar surface area (TPSA) is 125 Å². The number of carbonyl (C=O) groups excluding carboxylic acids is 5. The van der Waals surface area contributed by atoms with Crippen molar-refractivity contribution in [2.24, 2.45) is 0 Å². The van der Waals surface area contributed by atoms with Crippen molar-refractivity contribution in [2.45, 2.75) is 51.0 Å². The predicted molar refractivity (Wildman–Crippen MR) is 124 cm³/mol. The number of carbonyl (C=O) groups is 5. The molecule has 0 radical (unpaired) electrons. The van der Waals surface area contributed by atoms with E-state index < -0.39 is 60.4 Å². The summed E-state index contributed by atoms with van der Waals surface area (Å²) in [4.78, 5) is 61.5. The number of nitrogens with zero attached hydrogens (tertiary/aromatic N) is 1. The molecule has 1 fully saturated rings. The van der Waals surface area contributed by atoms with E-state index >= 15 is 0 Å². The van der Waals surface area contributed by atoms with Gasteiger partial charge < -0.3 is 10.6 Å². The Morgan fingerprint density at radius 1 is 0.974 bits per heavy atom. The Labute approximate surface area is 213 Å². The van der Waals surface area contributed by atoms with Gasteiger partial charge in [0.1, 0.15) is 11.9 Å².